The van der Waals surface area contributed by atoms with Gasteiger partial charge in [0.15, 0.2) is 0 Å². The van der Waals surface area contributed by atoms with E-state index in [1.165, 1.54) is 35.4 Å². The molecule has 1 unspecified atom stereocenters. The number of amides is 3. The predicted octanol–water partition coefficient (Wildman–Crippen LogP) is 4.27. The van der Waals surface area contributed by atoms with E-state index in [1.807, 2.05) is 43.3 Å². The summed E-state index contributed by atoms with van der Waals surface area (Å²) in [5, 5.41) is 3.98. The van der Waals surface area contributed by atoms with Gasteiger partial charge in [0, 0.05) is 41.7 Å². The maximum absolute atomic E-state index is 13.4. The number of rotatable bonds is 3. The van der Waals surface area contributed by atoms with E-state index in [4.69, 9.17) is 0 Å². The molecule has 0 bridgehead atoms. The predicted molar refractivity (Wildman–Crippen MR) is 133 cm³/mol. The largest absolute Gasteiger partial charge is 0.358 e. The molecule has 3 amide bonds. The van der Waals surface area contributed by atoms with Crippen LogP contribution < -0.4 is 10.2 Å². The number of aromatic nitrogens is 1. The lowest BCUT2D eigenvalue weighted by Gasteiger charge is -2.29. The summed E-state index contributed by atoms with van der Waals surface area (Å²) in [6.45, 7) is 1.78. The summed E-state index contributed by atoms with van der Waals surface area (Å²) >= 11 is 0. The van der Waals surface area contributed by atoms with Crippen LogP contribution >= 0.6 is 0 Å². The Morgan fingerprint density at radius 2 is 1.88 bits per heavy atom. The van der Waals surface area contributed by atoms with Crippen molar-refractivity contribution in [3.63, 3.8) is 0 Å². The van der Waals surface area contributed by atoms with Gasteiger partial charge in [0.2, 0.25) is 11.8 Å². The maximum Gasteiger partial charge on any atom is 0.254 e. The monoisotopic (exact) mass is 458 g/mol. The van der Waals surface area contributed by atoms with Crippen LogP contribution in [0.4, 0.5) is 11.4 Å². The summed E-state index contributed by atoms with van der Waals surface area (Å²) in [7, 11) is 1.65. The minimum absolute atomic E-state index is 0.0744. The van der Waals surface area contributed by atoms with Crippen LogP contribution in [0.25, 0.3) is 10.9 Å². The van der Waals surface area contributed by atoms with Crippen molar-refractivity contribution < 1.29 is 14.4 Å². The minimum atomic E-state index is -0.314. The minimum Gasteiger partial charge on any atom is -0.358 e. The third kappa shape index (κ3) is 4.06. The average Bonchev–Trinajstić information content (AvgIpc) is 2.93. The molecule has 2 heterocycles. The Hall–Kier alpha value is -3.61. The number of benzene rings is 2. The molecule has 2 N–H and O–H groups in total. The van der Waals surface area contributed by atoms with E-state index in [0.717, 1.165) is 23.7 Å². The first-order valence-electron chi connectivity index (χ1n) is 12.0. The maximum atomic E-state index is 13.4. The second-order valence-corrected chi connectivity index (χ2v) is 9.45. The highest BCUT2D eigenvalue weighted by atomic mass is 16.2. The molecule has 1 atom stereocenters. The average molecular weight is 459 g/mol. The summed E-state index contributed by atoms with van der Waals surface area (Å²) in [6.07, 6.45) is 5.86. The molecular weight excluding hydrogens is 428 g/mol. The molecule has 34 heavy (non-hydrogen) atoms. The number of aryl methyl sites for hydroxylation is 2. The molecule has 0 spiro atoms. The lowest BCUT2D eigenvalue weighted by atomic mass is 10.0. The fraction of sp³-hybridized carbons (Fsp3) is 0.370. The first kappa shape index (κ1) is 22.2. The third-order valence-corrected chi connectivity index (χ3v) is 6.94. The van der Waals surface area contributed by atoms with Crippen molar-refractivity contribution in [2.24, 2.45) is 0 Å². The first-order chi connectivity index (χ1) is 16.4. The zero-order valence-electron chi connectivity index (χ0n) is 19.7. The Kier molecular flexibility index (Phi) is 5.86. The SMILES string of the molecule is CC1CC(=O)Nc2ccccc2N1C(=O)CN(C)C(=O)c1ccc2[nH]c3c(c2c1)CCCCC3. The van der Waals surface area contributed by atoms with Gasteiger partial charge in [-0.25, -0.2) is 0 Å². The fourth-order valence-corrected chi connectivity index (χ4v) is 5.25. The van der Waals surface area contributed by atoms with Crippen LogP contribution in [0.3, 0.4) is 0 Å². The van der Waals surface area contributed by atoms with Crippen LogP contribution in [0.15, 0.2) is 42.5 Å². The van der Waals surface area contributed by atoms with Crippen LogP contribution in [0.1, 0.15) is 54.2 Å². The quantitative estimate of drug-likeness (QED) is 0.575. The molecule has 3 aromatic rings. The number of carbonyl (C=O) groups excluding carboxylic acids is 3. The van der Waals surface area contributed by atoms with Gasteiger partial charge in [-0.05, 0) is 68.5 Å². The second kappa shape index (κ2) is 8.97. The lowest BCUT2D eigenvalue weighted by molar-refractivity contribution is -0.119. The molecular formula is C27H30N4O3. The van der Waals surface area contributed by atoms with Crippen molar-refractivity contribution in [2.45, 2.75) is 51.5 Å². The van der Waals surface area contributed by atoms with Crippen molar-refractivity contribution in [3.8, 4) is 0 Å². The Bertz CT molecular complexity index is 1280. The topological polar surface area (TPSA) is 85.5 Å². The number of nitrogens with one attached hydrogen (secondary N) is 2. The molecule has 1 aromatic heterocycles. The van der Waals surface area contributed by atoms with E-state index < -0.39 is 0 Å². The summed E-state index contributed by atoms with van der Waals surface area (Å²) in [5.74, 6) is -0.536. The molecule has 0 radical (unpaired) electrons. The van der Waals surface area contributed by atoms with E-state index in [0.29, 0.717) is 16.9 Å². The molecule has 0 fully saturated rings. The molecule has 1 aliphatic carbocycles. The molecule has 7 nitrogen and oxygen atoms in total. The number of H-pyrrole nitrogens is 1. The van der Waals surface area contributed by atoms with Crippen LogP contribution in [0.5, 0.6) is 0 Å². The number of fused-ring (bicyclic) bond motifs is 4. The van der Waals surface area contributed by atoms with Crippen molar-refractivity contribution in [1.82, 2.24) is 9.88 Å². The second-order valence-electron chi connectivity index (χ2n) is 9.45. The number of likely N-dealkylation sites (N-methyl/N-ethyl adjacent to an activating group) is 1. The Balaban J connectivity index is 1.38. The summed E-state index contributed by atoms with van der Waals surface area (Å²) in [6, 6.07) is 12.7. The molecule has 0 saturated carbocycles. The number of anilines is 2. The van der Waals surface area contributed by atoms with Crippen molar-refractivity contribution >= 4 is 40.0 Å². The highest BCUT2D eigenvalue weighted by molar-refractivity contribution is 6.06. The van der Waals surface area contributed by atoms with E-state index in [-0.39, 0.29) is 36.7 Å². The smallest absolute Gasteiger partial charge is 0.254 e. The molecule has 0 saturated heterocycles. The Labute approximate surface area is 199 Å². The van der Waals surface area contributed by atoms with Gasteiger partial charge in [0.1, 0.15) is 6.54 Å². The van der Waals surface area contributed by atoms with Crippen LogP contribution in [-0.4, -0.2) is 47.2 Å². The van der Waals surface area contributed by atoms with Gasteiger partial charge in [-0.15, -0.1) is 0 Å². The molecule has 176 valence electrons. The van der Waals surface area contributed by atoms with E-state index in [9.17, 15) is 14.4 Å². The van der Waals surface area contributed by atoms with Gasteiger partial charge in [-0.3, -0.25) is 14.4 Å². The van der Waals surface area contributed by atoms with Crippen LogP contribution in [0.2, 0.25) is 0 Å². The number of nitrogens with zero attached hydrogens (tertiary/aromatic N) is 2. The van der Waals surface area contributed by atoms with E-state index in [2.05, 4.69) is 10.3 Å². The zero-order valence-corrected chi connectivity index (χ0v) is 19.7. The standard InChI is InChI=1S/C27H30N4O3/c1-17-14-25(32)29-23-10-6-7-11-24(23)31(17)26(33)16-30(2)27(34)18-12-13-22-20(15-18)19-8-4-3-5-9-21(19)28-22/h6-7,10-13,15,17,28H,3-5,8-9,14,16H2,1-2H3,(H,29,32). The normalized spacial score (nSPS) is 17.9. The number of carbonyl (C=O) groups is 3. The lowest BCUT2D eigenvalue weighted by Crippen LogP contribution is -2.45. The van der Waals surface area contributed by atoms with Crippen molar-refractivity contribution in [1.29, 1.82) is 0 Å². The summed E-state index contributed by atoms with van der Waals surface area (Å²) in [5.41, 5.74) is 5.52. The number of para-hydroxylation sites is 2. The first-order valence-corrected chi connectivity index (χ1v) is 12.0. The van der Waals surface area contributed by atoms with Crippen LogP contribution in [0, 0.1) is 0 Å². The van der Waals surface area contributed by atoms with Crippen molar-refractivity contribution in [2.75, 3.05) is 23.8 Å². The van der Waals surface area contributed by atoms with Gasteiger partial charge in [0.05, 0.1) is 11.4 Å². The van der Waals surface area contributed by atoms with Gasteiger partial charge in [0.25, 0.3) is 5.91 Å². The fourth-order valence-electron chi connectivity index (χ4n) is 5.25. The zero-order chi connectivity index (χ0) is 23.8. The van der Waals surface area contributed by atoms with Gasteiger partial charge >= 0.3 is 0 Å². The van der Waals surface area contributed by atoms with Crippen molar-refractivity contribution in [3.05, 3.63) is 59.3 Å². The number of hydrogen-bond acceptors (Lipinski definition) is 3. The molecule has 5 rings (SSSR count). The van der Waals surface area contributed by atoms with E-state index >= 15 is 0 Å². The van der Waals surface area contributed by atoms with Gasteiger partial charge in [-0.1, -0.05) is 18.6 Å². The number of aromatic amines is 1. The highest BCUT2D eigenvalue weighted by Crippen LogP contribution is 2.32. The Morgan fingerprint density at radius 1 is 1.09 bits per heavy atom. The molecule has 1 aliphatic heterocycles. The summed E-state index contributed by atoms with van der Waals surface area (Å²) < 4.78 is 0. The third-order valence-electron chi connectivity index (χ3n) is 6.94. The molecule has 7 heteroatoms. The highest BCUT2D eigenvalue weighted by Gasteiger charge is 2.30. The summed E-state index contributed by atoms with van der Waals surface area (Å²) in [4.78, 5) is 45.5. The molecule has 2 aliphatic rings. The van der Waals surface area contributed by atoms with Gasteiger partial charge in [-0.2, -0.15) is 0 Å². The van der Waals surface area contributed by atoms with Gasteiger partial charge < -0.3 is 20.1 Å². The van der Waals surface area contributed by atoms with E-state index in [1.54, 1.807) is 18.0 Å². The number of hydrogen-bond donors (Lipinski definition) is 2. The Morgan fingerprint density at radius 3 is 2.74 bits per heavy atom. The van der Waals surface area contributed by atoms with Crippen LogP contribution in [-0.2, 0) is 22.4 Å². The molecule has 2 aromatic carbocycles.